The fourth-order valence-electron chi connectivity index (χ4n) is 3.00. The van der Waals surface area contributed by atoms with Crippen molar-refractivity contribution >= 4 is 29.9 Å². The maximum absolute atomic E-state index is 6.16. The van der Waals surface area contributed by atoms with Crippen LogP contribution in [0.15, 0.2) is 35.3 Å². The molecule has 0 bridgehead atoms. The van der Waals surface area contributed by atoms with Crippen LogP contribution in [0.4, 0.5) is 0 Å². The van der Waals surface area contributed by atoms with Gasteiger partial charge in [0.2, 0.25) is 0 Å². The molecule has 1 fully saturated rings. The highest BCUT2D eigenvalue weighted by atomic mass is 127. The van der Waals surface area contributed by atoms with Crippen LogP contribution in [0.3, 0.4) is 0 Å². The molecule has 1 aliphatic carbocycles. The van der Waals surface area contributed by atoms with Crippen molar-refractivity contribution in [3.63, 3.8) is 0 Å². The zero-order valence-electron chi connectivity index (χ0n) is 15.5. The van der Waals surface area contributed by atoms with Gasteiger partial charge in [-0.1, -0.05) is 44.2 Å². The van der Waals surface area contributed by atoms with Gasteiger partial charge in [0.15, 0.2) is 5.96 Å². The molecule has 2 rings (SSSR count). The Kier molecular flexibility index (Phi) is 8.50. The molecule has 1 atom stereocenters. The van der Waals surface area contributed by atoms with Crippen molar-refractivity contribution in [2.75, 3.05) is 13.6 Å². The third-order valence-electron chi connectivity index (χ3n) is 5.18. The molecule has 0 amide bonds. The highest BCUT2D eigenvalue weighted by Crippen LogP contribution is 2.26. The second kappa shape index (κ2) is 9.61. The van der Waals surface area contributed by atoms with Gasteiger partial charge in [-0.15, -0.1) is 24.0 Å². The molecule has 0 aromatic heterocycles. The summed E-state index contributed by atoms with van der Waals surface area (Å²) in [6.07, 6.45) is 4.54. The molecule has 1 aromatic rings. The molecule has 1 aromatic carbocycles. The average molecular weight is 444 g/mol. The molecule has 1 saturated carbocycles. The highest BCUT2D eigenvalue weighted by molar-refractivity contribution is 14.0. The molecule has 24 heavy (non-hydrogen) atoms. The number of hydrogen-bond donors (Lipinski definition) is 2. The summed E-state index contributed by atoms with van der Waals surface area (Å²) in [6.45, 7) is 7.40. The summed E-state index contributed by atoms with van der Waals surface area (Å²) >= 11 is 0. The largest absolute Gasteiger partial charge is 0.370 e. The molecule has 1 aliphatic rings. The minimum absolute atomic E-state index is 0. The predicted molar refractivity (Wildman–Crippen MR) is 114 cm³/mol. The van der Waals surface area contributed by atoms with Crippen LogP contribution >= 0.6 is 24.0 Å². The smallest absolute Gasteiger partial charge is 0.191 e. The number of nitrogens with zero attached hydrogens (tertiary/aromatic N) is 2. The average Bonchev–Trinajstić information content (AvgIpc) is 3.43. The number of halogens is 1. The second-order valence-corrected chi connectivity index (χ2v) is 6.78. The van der Waals surface area contributed by atoms with Gasteiger partial charge in [0.25, 0.3) is 0 Å². The van der Waals surface area contributed by atoms with Crippen molar-refractivity contribution in [1.29, 1.82) is 0 Å². The lowest BCUT2D eigenvalue weighted by Gasteiger charge is -2.35. The first-order chi connectivity index (χ1) is 11.0. The lowest BCUT2D eigenvalue weighted by molar-refractivity contribution is 0.280. The van der Waals surface area contributed by atoms with Crippen LogP contribution in [-0.4, -0.2) is 36.0 Å². The Balaban J connectivity index is 0.00000288. The Morgan fingerprint density at radius 1 is 1.29 bits per heavy atom. The zero-order valence-corrected chi connectivity index (χ0v) is 17.8. The van der Waals surface area contributed by atoms with Gasteiger partial charge in [0.1, 0.15) is 0 Å². The number of guanidine groups is 1. The van der Waals surface area contributed by atoms with Crippen LogP contribution in [0.2, 0.25) is 0 Å². The van der Waals surface area contributed by atoms with Crippen molar-refractivity contribution in [2.24, 2.45) is 10.7 Å². The Labute approximate surface area is 164 Å². The Morgan fingerprint density at radius 3 is 2.38 bits per heavy atom. The maximum Gasteiger partial charge on any atom is 0.191 e. The predicted octanol–water partition coefficient (Wildman–Crippen LogP) is 3.92. The van der Waals surface area contributed by atoms with E-state index in [2.05, 4.69) is 68.4 Å². The summed E-state index contributed by atoms with van der Waals surface area (Å²) in [6, 6.07) is 11.5. The van der Waals surface area contributed by atoms with E-state index < -0.39 is 0 Å². The quantitative estimate of drug-likeness (QED) is 0.363. The number of rotatable bonds is 8. The van der Waals surface area contributed by atoms with Gasteiger partial charge < -0.3 is 16.0 Å². The zero-order chi connectivity index (χ0) is 16.9. The first kappa shape index (κ1) is 21.2. The van der Waals surface area contributed by atoms with E-state index in [1.807, 2.05) is 0 Å². The van der Waals surface area contributed by atoms with Gasteiger partial charge in [-0.3, -0.25) is 4.99 Å². The lowest BCUT2D eigenvalue weighted by Crippen LogP contribution is -2.49. The van der Waals surface area contributed by atoms with Gasteiger partial charge in [-0.2, -0.15) is 0 Å². The molecular weight excluding hydrogens is 411 g/mol. The molecule has 136 valence electrons. The first-order valence-corrected chi connectivity index (χ1v) is 8.86. The van der Waals surface area contributed by atoms with Gasteiger partial charge in [-0.25, -0.2) is 0 Å². The maximum atomic E-state index is 6.16. The molecule has 0 heterocycles. The van der Waals surface area contributed by atoms with E-state index in [1.165, 1.54) is 18.4 Å². The summed E-state index contributed by atoms with van der Waals surface area (Å²) in [5.74, 6) is 0.674. The molecule has 0 saturated heterocycles. The molecule has 0 spiro atoms. The minimum atomic E-state index is -0.00965. The minimum Gasteiger partial charge on any atom is -0.370 e. The van der Waals surface area contributed by atoms with Crippen LogP contribution in [0, 0.1) is 0 Å². The van der Waals surface area contributed by atoms with Gasteiger partial charge in [0.05, 0.1) is 6.54 Å². The summed E-state index contributed by atoms with van der Waals surface area (Å²) in [5, 5.41) is 3.80. The standard InChI is InChI=1S/C19H32N4.HI/c1-5-19(6-2,14-21-18(20)23(4)17-12-13-17)22-15(3)16-10-8-7-9-11-16;/h7-11,15,17,22H,5-6,12-14H2,1-4H3,(H2,20,21);1H. The van der Waals surface area contributed by atoms with E-state index in [0.717, 1.165) is 19.4 Å². The fraction of sp³-hybridized carbons (Fsp3) is 0.632. The Morgan fingerprint density at radius 2 is 1.88 bits per heavy atom. The highest BCUT2D eigenvalue weighted by Gasteiger charge is 2.30. The molecule has 0 aliphatic heterocycles. The molecule has 1 unspecified atom stereocenters. The fourth-order valence-corrected chi connectivity index (χ4v) is 3.00. The van der Waals surface area contributed by atoms with E-state index in [-0.39, 0.29) is 29.5 Å². The van der Waals surface area contributed by atoms with E-state index in [9.17, 15) is 0 Å². The first-order valence-electron chi connectivity index (χ1n) is 8.86. The van der Waals surface area contributed by atoms with Crippen molar-refractivity contribution in [3.8, 4) is 0 Å². The normalized spacial score (nSPS) is 16.4. The van der Waals surface area contributed by atoms with Crippen molar-refractivity contribution in [2.45, 2.75) is 64.1 Å². The van der Waals surface area contributed by atoms with E-state index in [4.69, 9.17) is 10.7 Å². The van der Waals surface area contributed by atoms with Gasteiger partial charge in [-0.05, 0) is 38.2 Å². The van der Waals surface area contributed by atoms with E-state index in [0.29, 0.717) is 18.0 Å². The Hall–Kier alpha value is -0.820. The summed E-state index contributed by atoms with van der Waals surface area (Å²) in [7, 11) is 2.05. The number of nitrogens with one attached hydrogen (secondary N) is 1. The van der Waals surface area contributed by atoms with Crippen molar-refractivity contribution in [3.05, 3.63) is 35.9 Å². The summed E-state index contributed by atoms with van der Waals surface area (Å²) in [4.78, 5) is 6.83. The van der Waals surface area contributed by atoms with Crippen LogP contribution in [0.25, 0.3) is 0 Å². The topological polar surface area (TPSA) is 53.6 Å². The second-order valence-electron chi connectivity index (χ2n) is 6.78. The SMILES string of the molecule is CCC(CC)(CN=C(N)N(C)C1CC1)NC(C)c1ccccc1.I. The summed E-state index contributed by atoms with van der Waals surface area (Å²) in [5.41, 5.74) is 7.47. The van der Waals surface area contributed by atoms with Gasteiger partial charge in [0, 0.05) is 24.7 Å². The molecule has 4 nitrogen and oxygen atoms in total. The third kappa shape index (κ3) is 5.62. The van der Waals surface area contributed by atoms with E-state index in [1.54, 1.807) is 0 Å². The molecule has 5 heteroatoms. The monoisotopic (exact) mass is 444 g/mol. The number of nitrogens with two attached hydrogens (primary N) is 1. The molecular formula is C19H33IN4. The van der Waals surface area contributed by atoms with Crippen molar-refractivity contribution < 1.29 is 0 Å². The van der Waals surface area contributed by atoms with Gasteiger partial charge >= 0.3 is 0 Å². The lowest BCUT2D eigenvalue weighted by atomic mass is 9.91. The number of hydrogen-bond acceptors (Lipinski definition) is 2. The van der Waals surface area contributed by atoms with Crippen LogP contribution in [0.1, 0.15) is 58.1 Å². The Bertz CT molecular complexity index is 509. The van der Waals surface area contributed by atoms with Crippen LogP contribution < -0.4 is 11.1 Å². The van der Waals surface area contributed by atoms with Crippen LogP contribution in [-0.2, 0) is 0 Å². The molecule has 3 N–H and O–H groups in total. The molecule has 0 radical (unpaired) electrons. The van der Waals surface area contributed by atoms with Crippen LogP contribution in [0.5, 0.6) is 0 Å². The van der Waals surface area contributed by atoms with Crippen molar-refractivity contribution in [1.82, 2.24) is 10.2 Å². The summed E-state index contributed by atoms with van der Waals surface area (Å²) < 4.78 is 0. The third-order valence-corrected chi connectivity index (χ3v) is 5.18. The number of aliphatic imine (C=N–C) groups is 1. The number of benzene rings is 1. The van der Waals surface area contributed by atoms with E-state index >= 15 is 0 Å².